The van der Waals surface area contributed by atoms with E-state index < -0.39 is 0 Å². The number of nitrogen functional groups attached to an aromatic ring is 2. The molecule has 80 valence electrons. The molecule has 2 rings (SSSR count). The Balaban J connectivity index is 2.50. The Kier molecular flexibility index (Phi) is 2.51. The van der Waals surface area contributed by atoms with E-state index >= 15 is 0 Å². The van der Waals surface area contributed by atoms with Crippen LogP contribution >= 0.6 is 0 Å². The van der Waals surface area contributed by atoms with Crippen LogP contribution in [0.1, 0.15) is 11.1 Å². The zero-order valence-corrected chi connectivity index (χ0v) is 8.51. The fourth-order valence-corrected chi connectivity index (χ4v) is 1.42. The van der Waals surface area contributed by atoms with E-state index in [1.54, 1.807) is 0 Å². The molecular formula is C11H11N5. The SMILES string of the molecule is N=C(c1ccccc1)c1c(N)ncnc1N. The summed E-state index contributed by atoms with van der Waals surface area (Å²) in [6.07, 6.45) is 1.28. The van der Waals surface area contributed by atoms with Crippen molar-refractivity contribution < 1.29 is 0 Å². The third-order valence-electron chi connectivity index (χ3n) is 2.22. The zero-order valence-electron chi connectivity index (χ0n) is 8.51. The minimum atomic E-state index is 0.223. The molecule has 0 unspecified atom stereocenters. The minimum absolute atomic E-state index is 0.223. The maximum atomic E-state index is 8.01. The monoisotopic (exact) mass is 213 g/mol. The van der Waals surface area contributed by atoms with Crippen molar-refractivity contribution in [1.82, 2.24) is 9.97 Å². The Labute approximate surface area is 92.7 Å². The predicted octanol–water partition coefficient (Wildman–Crippen LogP) is 1.06. The van der Waals surface area contributed by atoms with Crippen LogP contribution in [0.3, 0.4) is 0 Å². The number of anilines is 2. The molecule has 1 aromatic carbocycles. The van der Waals surface area contributed by atoms with Crippen LogP contribution in [0.2, 0.25) is 0 Å². The van der Waals surface area contributed by atoms with Gasteiger partial charge in [0, 0.05) is 5.56 Å². The van der Waals surface area contributed by atoms with E-state index in [4.69, 9.17) is 16.9 Å². The van der Waals surface area contributed by atoms with Crippen molar-refractivity contribution in [2.75, 3.05) is 11.5 Å². The summed E-state index contributed by atoms with van der Waals surface area (Å²) >= 11 is 0. The molecule has 5 heteroatoms. The molecule has 2 aromatic rings. The van der Waals surface area contributed by atoms with Crippen LogP contribution in [-0.2, 0) is 0 Å². The molecule has 5 N–H and O–H groups in total. The van der Waals surface area contributed by atoms with Gasteiger partial charge in [0.25, 0.3) is 0 Å². The molecule has 0 radical (unpaired) electrons. The van der Waals surface area contributed by atoms with Crippen LogP contribution < -0.4 is 11.5 Å². The summed E-state index contributed by atoms with van der Waals surface area (Å²) in [6.45, 7) is 0. The molecule has 5 nitrogen and oxygen atoms in total. The average Bonchev–Trinajstić information content (AvgIpc) is 2.30. The van der Waals surface area contributed by atoms with Gasteiger partial charge in [-0.25, -0.2) is 9.97 Å². The van der Waals surface area contributed by atoms with Crippen molar-refractivity contribution >= 4 is 17.3 Å². The lowest BCUT2D eigenvalue weighted by molar-refractivity contribution is 1.17. The second kappa shape index (κ2) is 3.98. The second-order valence-electron chi connectivity index (χ2n) is 3.26. The van der Waals surface area contributed by atoms with Gasteiger partial charge in [0.1, 0.15) is 18.0 Å². The summed E-state index contributed by atoms with van der Waals surface area (Å²) in [5.74, 6) is 0.447. The molecule has 0 bridgehead atoms. The van der Waals surface area contributed by atoms with E-state index in [2.05, 4.69) is 9.97 Å². The van der Waals surface area contributed by atoms with Crippen molar-refractivity contribution in [3.8, 4) is 0 Å². The first-order valence-electron chi connectivity index (χ1n) is 4.70. The predicted molar refractivity (Wildman–Crippen MR) is 63.2 cm³/mol. The van der Waals surface area contributed by atoms with Gasteiger partial charge in [-0.3, -0.25) is 5.41 Å². The summed E-state index contributed by atoms with van der Waals surface area (Å²) in [7, 11) is 0. The number of nitrogens with one attached hydrogen (secondary N) is 1. The van der Waals surface area contributed by atoms with Crippen LogP contribution in [0, 0.1) is 5.41 Å². The fourth-order valence-electron chi connectivity index (χ4n) is 1.42. The third-order valence-corrected chi connectivity index (χ3v) is 2.22. The Morgan fingerprint density at radius 2 is 1.56 bits per heavy atom. The van der Waals surface area contributed by atoms with Crippen molar-refractivity contribution in [2.24, 2.45) is 0 Å². The molecular weight excluding hydrogens is 202 g/mol. The lowest BCUT2D eigenvalue weighted by Gasteiger charge is -2.08. The van der Waals surface area contributed by atoms with Crippen LogP contribution in [0.4, 0.5) is 11.6 Å². The number of hydrogen-bond acceptors (Lipinski definition) is 5. The van der Waals surface area contributed by atoms with E-state index in [0.29, 0.717) is 5.56 Å². The molecule has 0 fully saturated rings. The molecule has 1 aromatic heterocycles. The highest BCUT2D eigenvalue weighted by atomic mass is 15.0. The molecule has 1 heterocycles. The van der Waals surface area contributed by atoms with Crippen LogP contribution in [0.25, 0.3) is 0 Å². The average molecular weight is 213 g/mol. The first-order valence-corrected chi connectivity index (χ1v) is 4.70. The number of benzene rings is 1. The molecule has 0 spiro atoms. The Morgan fingerprint density at radius 1 is 1.00 bits per heavy atom. The Bertz CT molecular complexity index is 501. The van der Waals surface area contributed by atoms with Gasteiger partial charge in [0.15, 0.2) is 0 Å². The highest BCUT2D eigenvalue weighted by Crippen LogP contribution is 2.18. The lowest BCUT2D eigenvalue weighted by atomic mass is 10.0. The highest BCUT2D eigenvalue weighted by Gasteiger charge is 2.13. The number of nitrogens with two attached hydrogens (primary N) is 2. The number of nitrogens with zero attached hydrogens (tertiary/aromatic N) is 2. The Hall–Kier alpha value is -2.43. The largest absolute Gasteiger partial charge is 0.383 e. The van der Waals surface area contributed by atoms with Crippen LogP contribution in [0.15, 0.2) is 36.7 Å². The summed E-state index contributed by atoms with van der Waals surface area (Å²) in [4.78, 5) is 7.66. The van der Waals surface area contributed by atoms with E-state index in [9.17, 15) is 0 Å². The summed E-state index contributed by atoms with van der Waals surface area (Å²) in [5.41, 5.74) is 12.7. The molecule has 0 saturated carbocycles. The van der Waals surface area contributed by atoms with Gasteiger partial charge in [-0.2, -0.15) is 0 Å². The van der Waals surface area contributed by atoms with Crippen LogP contribution in [0.5, 0.6) is 0 Å². The molecule has 0 aliphatic heterocycles. The zero-order chi connectivity index (χ0) is 11.5. The van der Waals surface area contributed by atoms with E-state index in [-0.39, 0.29) is 17.3 Å². The number of hydrogen-bond donors (Lipinski definition) is 3. The van der Waals surface area contributed by atoms with Crippen molar-refractivity contribution in [2.45, 2.75) is 0 Å². The van der Waals surface area contributed by atoms with Gasteiger partial charge in [-0.15, -0.1) is 0 Å². The third kappa shape index (κ3) is 1.70. The molecule has 0 saturated heterocycles. The van der Waals surface area contributed by atoms with Crippen LogP contribution in [-0.4, -0.2) is 15.7 Å². The molecule has 0 aliphatic carbocycles. The minimum Gasteiger partial charge on any atom is -0.383 e. The molecule has 0 amide bonds. The number of aromatic nitrogens is 2. The summed E-state index contributed by atoms with van der Waals surface area (Å²) in [5, 5.41) is 8.01. The molecule has 0 atom stereocenters. The molecule has 16 heavy (non-hydrogen) atoms. The van der Waals surface area contributed by atoms with Gasteiger partial charge in [0.2, 0.25) is 0 Å². The topological polar surface area (TPSA) is 102 Å². The van der Waals surface area contributed by atoms with Gasteiger partial charge in [0.05, 0.1) is 11.3 Å². The first-order chi connectivity index (χ1) is 7.70. The van der Waals surface area contributed by atoms with Gasteiger partial charge < -0.3 is 11.5 Å². The smallest absolute Gasteiger partial charge is 0.138 e. The van der Waals surface area contributed by atoms with Gasteiger partial charge in [-0.1, -0.05) is 30.3 Å². The Morgan fingerprint density at radius 3 is 2.12 bits per heavy atom. The quantitative estimate of drug-likeness (QED) is 0.649. The second-order valence-corrected chi connectivity index (χ2v) is 3.26. The normalized spacial score (nSPS) is 10.0. The van der Waals surface area contributed by atoms with E-state index in [1.807, 2.05) is 30.3 Å². The summed E-state index contributed by atoms with van der Waals surface area (Å²) < 4.78 is 0. The molecule has 0 aliphatic rings. The first kappa shape index (κ1) is 10.1. The maximum Gasteiger partial charge on any atom is 0.138 e. The van der Waals surface area contributed by atoms with Crippen molar-refractivity contribution in [3.63, 3.8) is 0 Å². The van der Waals surface area contributed by atoms with Crippen molar-refractivity contribution in [3.05, 3.63) is 47.8 Å². The lowest BCUT2D eigenvalue weighted by Crippen LogP contribution is -2.11. The standard InChI is InChI=1S/C11H11N5/c12-9(7-4-2-1-3-5-7)8-10(13)15-6-16-11(8)14/h1-6,12H,(H4,13,14,15,16). The van der Waals surface area contributed by atoms with Crippen molar-refractivity contribution in [1.29, 1.82) is 5.41 Å². The van der Waals surface area contributed by atoms with E-state index in [1.165, 1.54) is 6.33 Å². The van der Waals surface area contributed by atoms with E-state index in [0.717, 1.165) is 5.56 Å². The number of rotatable bonds is 2. The van der Waals surface area contributed by atoms with Gasteiger partial charge in [-0.05, 0) is 0 Å². The fraction of sp³-hybridized carbons (Fsp3) is 0. The van der Waals surface area contributed by atoms with Gasteiger partial charge >= 0.3 is 0 Å². The summed E-state index contributed by atoms with van der Waals surface area (Å²) in [6, 6.07) is 9.20. The maximum absolute atomic E-state index is 8.01. The highest BCUT2D eigenvalue weighted by molar-refractivity contribution is 6.15.